The number of hydrogen-bond donors (Lipinski definition) is 2. The van der Waals surface area contributed by atoms with Crippen LogP contribution in [0.3, 0.4) is 0 Å². The normalized spacial score (nSPS) is 21.4. The average molecular weight is 491 g/mol. The van der Waals surface area contributed by atoms with Crippen LogP contribution in [0.5, 0.6) is 0 Å². The summed E-state index contributed by atoms with van der Waals surface area (Å²) in [5.74, 6) is 1.84. The van der Waals surface area contributed by atoms with E-state index in [1.165, 1.54) is 24.8 Å². The van der Waals surface area contributed by atoms with Gasteiger partial charge in [0, 0.05) is 24.7 Å². The number of carboxylic acid groups (broad SMARTS) is 1. The topological polar surface area (TPSA) is 86.9 Å². The molecule has 0 saturated heterocycles. The predicted octanol–water partition coefficient (Wildman–Crippen LogP) is 6.97. The number of allylic oxidation sites excluding steroid dienone is 6. The molecule has 1 aliphatic heterocycles. The van der Waals surface area contributed by atoms with Gasteiger partial charge in [-0.1, -0.05) is 70.9 Å². The van der Waals surface area contributed by atoms with Crippen LogP contribution in [0.25, 0.3) is 5.57 Å². The summed E-state index contributed by atoms with van der Waals surface area (Å²) in [7, 11) is 0. The molecule has 0 spiro atoms. The summed E-state index contributed by atoms with van der Waals surface area (Å²) < 4.78 is 0. The van der Waals surface area contributed by atoms with E-state index in [9.17, 15) is 4.79 Å². The molecule has 1 fully saturated rings. The average Bonchev–Trinajstić information content (AvgIpc) is 3.29. The van der Waals surface area contributed by atoms with E-state index in [1.54, 1.807) is 6.08 Å². The minimum absolute atomic E-state index is 0.389. The van der Waals surface area contributed by atoms with Gasteiger partial charge in [-0.2, -0.15) is 0 Å². The van der Waals surface area contributed by atoms with Gasteiger partial charge in [-0.05, 0) is 61.8 Å². The molecule has 2 N–H and O–H groups in total. The lowest BCUT2D eigenvalue weighted by Gasteiger charge is -2.18. The van der Waals surface area contributed by atoms with E-state index in [2.05, 4.69) is 64.1 Å². The van der Waals surface area contributed by atoms with Gasteiger partial charge in [0.2, 0.25) is 0 Å². The van der Waals surface area contributed by atoms with Crippen molar-refractivity contribution in [1.29, 1.82) is 0 Å². The number of carboxylic acids is 1. The van der Waals surface area contributed by atoms with Gasteiger partial charge in [-0.15, -0.1) is 0 Å². The summed E-state index contributed by atoms with van der Waals surface area (Å²) in [4.78, 5) is 23.9. The molecule has 1 aromatic heterocycles. The third-order valence-corrected chi connectivity index (χ3v) is 6.26. The molecule has 4 rings (SSSR count). The number of hydrogen-bond acceptors (Lipinski definition) is 4. The smallest absolute Gasteiger partial charge is 0.303 e. The first kappa shape index (κ1) is 29.0. The van der Waals surface area contributed by atoms with Gasteiger partial charge in [0.1, 0.15) is 5.84 Å². The van der Waals surface area contributed by atoms with Crippen molar-refractivity contribution in [3.05, 3.63) is 72.2 Å². The van der Waals surface area contributed by atoms with Crippen LogP contribution in [-0.4, -0.2) is 34.3 Å². The Morgan fingerprint density at radius 3 is 2.58 bits per heavy atom. The molecule has 36 heavy (non-hydrogen) atoms. The first-order chi connectivity index (χ1) is 17.5. The molecule has 2 heterocycles. The van der Waals surface area contributed by atoms with Crippen LogP contribution in [0.1, 0.15) is 83.9 Å². The predicted molar refractivity (Wildman–Crippen MR) is 151 cm³/mol. The molecule has 3 aliphatic rings. The van der Waals surface area contributed by atoms with Crippen molar-refractivity contribution < 1.29 is 9.90 Å². The molecule has 1 saturated carbocycles. The van der Waals surface area contributed by atoms with Gasteiger partial charge in [0.15, 0.2) is 5.84 Å². The van der Waals surface area contributed by atoms with Crippen LogP contribution in [0.15, 0.2) is 71.0 Å². The molecule has 6 nitrogen and oxygen atoms in total. The number of nitrogens with zero attached hydrogens (tertiary/aromatic N) is 3. The van der Waals surface area contributed by atoms with Crippen molar-refractivity contribution in [3.8, 4) is 0 Å². The maximum absolute atomic E-state index is 10.3. The summed E-state index contributed by atoms with van der Waals surface area (Å²) in [6.07, 6.45) is 19.4. The highest BCUT2D eigenvalue weighted by atomic mass is 16.4. The zero-order valence-corrected chi connectivity index (χ0v) is 22.3. The Labute approximate surface area is 216 Å². The van der Waals surface area contributed by atoms with Gasteiger partial charge < -0.3 is 10.4 Å². The second-order valence-electron chi connectivity index (χ2n) is 8.92. The van der Waals surface area contributed by atoms with Gasteiger partial charge in [-0.3, -0.25) is 14.8 Å². The van der Waals surface area contributed by atoms with Crippen LogP contribution in [0.4, 0.5) is 0 Å². The summed E-state index contributed by atoms with van der Waals surface area (Å²) in [5, 5.41) is 11.8. The number of aromatic nitrogens is 1. The highest BCUT2D eigenvalue weighted by Crippen LogP contribution is 2.28. The van der Waals surface area contributed by atoms with Crippen molar-refractivity contribution in [2.24, 2.45) is 21.8 Å². The number of aliphatic carboxylic acids is 1. The third-order valence-electron chi connectivity index (χ3n) is 6.26. The number of rotatable bonds is 6. The molecule has 194 valence electrons. The lowest BCUT2D eigenvalue weighted by atomic mass is 9.87. The summed E-state index contributed by atoms with van der Waals surface area (Å²) >= 11 is 0. The minimum atomic E-state index is -0.632. The van der Waals surface area contributed by atoms with E-state index < -0.39 is 5.97 Å². The molecule has 0 radical (unpaired) electrons. The summed E-state index contributed by atoms with van der Waals surface area (Å²) in [5.41, 5.74) is 4.14. The Balaban J connectivity index is 0.000000318. The lowest BCUT2D eigenvalue weighted by molar-refractivity contribution is -0.138. The molecule has 2 aliphatic carbocycles. The number of nitrogens with one attached hydrogen (secondary N) is 1. The van der Waals surface area contributed by atoms with Crippen molar-refractivity contribution in [2.75, 3.05) is 6.54 Å². The summed E-state index contributed by atoms with van der Waals surface area (Å²) in [6, 6.07) is 4.12. The van der Waals surface area contributed by atoms with Crippen LogP contribution in [-0.2, 0) is 4.79 Å². The largest absolute Gasteiger partial charge is 0.481 e. The molecule has 0 aromatic carbocycles. The highest BCUT2D eigenvalue weighted by molar-refractivity contribution is 6.19. The third kappa shape index (κ3) is 8.74. The van der Waals surface area contributed by atoms with Gasteiger partial charge >= 0.3 is 5.97 Å². The molecule has 0 amide bonds. The standard InChI is InChI=1S/C20H22N4.C8H14O2.C2H6/c1-4-8-18-20(21-5-2)24-19(23-18)15-11-12-17(22-13-15)16-10-7-6-9-14(16)3;9-8(10)6-7-4-2-1-3-5-7;1-2/h4,6-8,10-14H,1,5,9H2,2-3H3,(H,21,23,24);7H,1-6H2,(H,9,10);1-2H3/b18-8+;;. The van der Waals surface area contributed by atoms with E-state index in [4.69, 9.17) is 5.11 Å². The quantitative estimate of drug-likeness (QED) is 0.451. The maximum Gasteiger partial charge on any atom is 0.303 e. The summed E-state index contributed by atoms with van der Waals surface area (Å²) in [6.45, 7) is 12.7. The van der Waals surface area contributed by atoms with Crippen molar-refractivity contribution in [1.82, 2.24) is 10.3 Å². The van der Waals surface area contributed by atoms with Crippen LogP contribution < -0.4 is 5.32 Å². The molecular formula is C30H42N4O2. The van der Waals surface area contributed by atoms with E-state index in [-0.39, 0.29) is 0 Å². The van der Waals surface area contributed by atoms with Crippen molar-refractivity contribution in [3.63, 3.8) is 0 Å². The van der Waals surface area contributed by atoms with Crippen molar-refractivity contribution >= 4 is 23.2 Å². The number of aliphatic imine (C=N–C) groups is 2. The second kappa shape index (κ2) is 15.7. The van der Waals surface area contributed by atoms with E-state index >= 15 is 0 Å². The van der Waals surface area contributed by atoms with E-state index in [0.29, 0.717) is 30.6 Å². The Morgan fingerprint density at radius 2 is 2.00 bits per heavy atom. The van der Waals surface area contributed by atoms with Crippen LogP contribution >= 0.6 is 0 Å². The Kier molecular flexibility index (Phi) is 12.6. The fraction of sp³-hybridized carbons (Fsp3) is 0.467. The van der Waals surface area contributed by atoms with Gasteiger partial charge in [0.05, 0.1) is 11.4 Å². The number of pyridine rings is 1. The molecule has 1 aromatic rings. The van der Waals surface area contributed by atoms with Crippen LogP contribution in [0.2, 0.25) is 0 Å². The highest BCUT2D eigenvalue weighted by Gasteiger charge is 2.20. The zero-order valence-electron chi connectivity index (χ0n) is 22.3. The first-order valence-electron chi connectivity index (χ1n) is 13.3. The molecule has 1 atom stereocenters. The van der Waals surface area contributed by atoms with E-state index in [0.717, 1.165) is 42.1 Å². The van der Waals surface area contributed by atoms with E-state index in [1.807, 2.05) is 33.0 Å². The lowest BCUT2D eigenvalue weighted by Crippen LogP contribution is -2.19. The minimum Gasteiger partial charge on any atom is -0.481 e. The fourth-order valence-electron chi connectivity index (χ4n) is 4.44. The molecule has 0 bridgehead atoms. The van der Waals surface area contributed by atoms with Crippen molar-refractivity contribution in [2.45, 2.75) is 72.6 Å². The Hall–Kier alpha value is -3.28. The molecule has 1 unspecified atom stereocenters. The maximum atomic E-state index is 10.3. The SMILES string of the molecule is C=C/C=C1/NC(c2ccc(C3=CC=CCC3C)nc2)=NC1=NCC.CC.O=C(O)CC1CCCCC1. The van der Waals surface area contributed by atoms with Crippen LogP contribution in [0, 0.1) is 11.8 Å². The Bertz CT molecular complexity index is 1010. The van der Waals surface area contributed by atoms with Gasteiger partial charge in [0.25, 0.3) is 0 Å². The first-order valence-corrected chi connectivity index (χ1v) is 13.3. The Morgan fingerprint density at radius 1 is 1.25 bits per heavy atom. The molecule has 6 heteroatoms. The van der Waals surface area contributed by atoms with Gasteiger partial charge in [-0.25, -0.2) is 4.99 Å². The fourth-order valence-corrected chi connectivity index (χ4v) is 4.44. The second-order valence-corrected chi connectivity index (χ2v) is 8.92. The number of amidine groups is 2. The molecular weight excluding hydrogens is 448 g/mol. The number of carbonyl (C=O) groups is 1. The monoisotopic (exact) mass is 490 g/mol. The zero-order chi connectivity index (χ0) is 26.3.